The number of carbonyl (C=O) groups is 2. The van der Waals surface area contributed by atoms with Gasteiger partial charge in [-0.2, -0.15) is 0 Å². The van der Waals surface area contributed by atoms with Crippen LogP contribution in [0.2, 0.25) is 0 Å². The molecule has 0 radical (unpaired) electrons. The van der Waals surface area contributed by atoms with Crippen molar-refractivity contribution in [2.24, 2.45) is 5.92 Å². The molecule has 0 aromatic heterocycles. The summed E-state index contributed by atoms with van der Waals surface area (Å²) in [6.45, 7) is 2.44. The number of halogens is 1. The minimum absolute atomic E-state index is 0.00720. The lowest BCUT2D eigenvalue weighted by Gasteiger charge is -2.21. The highest BCUT2D eigenvalue weighted by atomic mass is 79.9. The van der Waals surface area contributed by atoms with E-state index < -0.39 is 9.84 Å². The van der Waals surface area contributed by atoms with Gasteiger partial charge in [0.05, 0.1) is 16.3 Å². The maximum atomic E-state index is 13.3. The number of amides is 2. The van der Waals surface area contributed by atoms with Gasteiger partial charge in [-0.3, -0.25) is 9.59 Å². The average Bonchev–Trinajstić information content (AvgIpc) is 3.50. The molecule has 2 amide bonds. The van der Waals surface area contributed by atoms with Gasteiger partial charge in [0.15, 0.2) is 9.84 Å². The molecule has 1 saturated carbocycles. The molecule has 31 heavy (non-hydrogen) atoms. The van der Waals surface area contributed by atoms with Crippen LogP contribution in [0, 0.1) is 12.8 Å². The standard InChI is InChI=1S/C23H25BrN2O4S/c1-15-4-3-5-19(12-15)25(2)21(27)9-11-31(29,30)20-14-18(24)13-17-8-10-26(22(17)20)23(28)16-6-7-16/h3-5,12-14,16H,6-11H2,1-2H3. The monoisotopic (exact) mass is 504 g/mol. The van der Waals surface area contributed by atoms with Crippen molar-refractivity contribution in [1.29, 1.82) is 0 Å². The van der Waals surface area contributed by atoms with Crippen LogP contribution in [0.15, 0.2) is 45.8 Å². The van der Waals surface area contributed by atoms with Gasteiger partial charge in [0.2, 0.25) is 11.8 Å². The molecule has 164 valence electrons. The fourth-order valence-electron chi connectivity index (χ4n) is 3.96. The summed E-state index contributed by atoms with van der Waals surface area (Å²) in [4.78, 5) is 28.7. The Kier molecular flexibility index (Phi) is 5.96. The molecule has 4 rings (SSSR count). The SMILES string of the molecule is Cc1cccc(N(C)C(=O)CCS(=O)(=O)c2cc(Br)cc3c2N(C(=O)C2CC2)CC3)c1. The Bertz CT molecular complexity index is 1160. The Labute approximate surface area is 191 Å². The number of sulfone groups is 1. The summed E-state index contributed by atoms with van der Waals surface area (Å²) in [5.41, 5.74) is 3.10. The van der Waals surface area contributed by atoms with E-state index in [1.165, 1.54) is 4.90 Å². The third-order valence-corrected chi connectivity index (χ3v) is 8.05. The van der Waals surface area contributed by atoms with Crippen molar-refractivity contribution in [3.63, 3.8) is 0 Å². The van der Waals surface area contributed by atoms with Crippen LogP contribution in [-0.4, -0.2) is 39.6 Å². The molecule has 0 saturated heterocycles. The van der Waals surface area contributed by atoms with E-state index in [2.05, 4.69) is 15.9 Å². The molecule has 0 unspecified atom stereocenters. The van der Waals surface area contributed by atoms with Crippen LogP contribution in [0.1, 0.15) is 30.4 Å². The lowest BCUT2D eigenvalue weighted by molar-refractivity contribution is -0.120. The van der Waals surface area contributed by atoms with Crippen LogP contribution in [0.25, 0.3) is 0 Å². The first kappa shape index (κ1) is 22.0. The summed E-state index contributed by atoms with van der Waals surface area (Å²) in [5, 5.41) is 0. The van der Waals surface area contributed by atoms with E-state index in [4.69, 9.17) is 0 Å². The summed E-state index contributed by atoms with van der Waals surface area (Å²) >= 11 is 3.40. The number of anilines is 2. The first-order valence-electron chi connectivity index (χ1n) is 10.4. The fourth-order valence-corrected chi connectivity index (χ4v) is 6.12. The number of rotatable bonds is 6. The van der Waals surface area contributed by atoms with Crippen molar-refractivity contribution in [3.05, 3.63) is 52.0 Å². The van der Waals surface area contributed by atoms with Crippen molar-refractivity contribution >= 4 is 49.0 Å². The summed E-state index contributed by atoms with van der Waals surface area (Å²) < 4.78 is 27.2. The quantitative estimate of drug-likeness (QED) is 0.597. The molecule has 0 spiro atoms. The van der Waals surface area contributed by atoms with E-state index in [-0.39, 0.29) is 34.8 Å². The second-order valence-corrected chi connectivity index (χ2v) is 11.3. The Morgan fingerprint density at radius 2 is 1.94 bits per heavy atom. The second-order valence-electron chi connectivity index (χ2n) is 8.29. The first-order valence-corrected chi connectivity index (χ1v) is 12.8. The molecule has 2 aromatic rings. The lowest BCUT2D eigenvalue weighted by Crippen LogP contribution is -2.32. The zero-order valence-corrected chi connectivity index (χ0v) is 20.0. The molecular weight excluding hydrogens is 480 g/mol. The highest BCUT2D eigenvalue weighted by molar-refractivity contribution is 9.10. The molecule has 1 fully saturated rings. The van der Waals surface area contributed by atoms with E-state index >= 15 is 0 Å². The van der Waals surface area contributed by atoms with E-state index in [1.54, 1.807) is 18.0 Å². The van der Waals surface area contributed by atoms with Crippen LogP contribution in [0.4, 0.5) is 11.4 Å². The van der Waals surface area contributed by atoms with Gasteiger partial charge in [0.1, 0.15) is 0 Å². The maximum Gasteiger partial charge on any atom is 0.230 e. The zero-order valence-electron chi connectivity index (χ0n) is 17.6. The smallest absolute Gasteiger partial charge is 0.230 e. The van der Waals surface area contributed by atoms with Crippen LogP contribution >= 0.6 is 15.9 Å². The maximum absolute atomic E-state index is 13.3. The Balaban J connectivity index is 1.56. The largest absolute Gasteiger partial charge is 0.315 e. The summed E-state index contributed by atoms with van der Waals surface area (Å²) in [5.74, 6) is -0.565. The molecule has 1 heterocycles. The minimum Gasteiger partial charge on any atom is -0.315 e. The van der Waals surface area contributed by atoms with Crippen molar-refractivity contribution in [2.75, 3.05) is 29.1 Å². The molecule has 6 nitrogen and oxygen atoms in total. The average molecular weight is 505 g/mol. The Morgan fingerprint density at radius 3 is 2.61 bits per heavy atom. The van der Waals surface area contributed by atoms with Gasteiger partial charge in [-0.25, -0.2) is 8.42 Å². The second kappa shape index (κ2) is 8.39. The van der Waals surface area contributed by atoms with E-state index in [1.807, 2.05) is 37.3 Å². The van der Waals surface area contributed by atoms with Gasteiger partial charge in [0, 0.05) is 36.1 Å². The van der Waals surface area contributed by atoms with Gasteiger partial charge in [0.25, 0.3) is 0 Å². The fraction of sp³-hybridized carbons (Fsp3) is 0.391. The molecule has 2 aromatic carbocycles. The molecule has 2 aliphatic rings. The van der Waals surface area contributed by atoms with E-state index in [0.29, 0.717) is 23.1 Å². The highest BCUT2D eigenvalue weighted by Gasteiger charge is 2.39. The number of hydrogen-bond acceptors (Lipinski definition) is 4. The normalized spacial score (nSPS) is 15.6. The van der Waals surface area contributed by atoms with Gasteiger partial charge in [-0.05, 0) is 61.6 Å². The van der Waals surface area contributed by atoms with Crippen LogP contribution in [0.3, 0.4) is 0 Å². The number of aryl methyl sites for hydroxylation is 1. The summed E-state index contributed by atoms with van der Waals surface area (Å²) in [6, 6.07) is 10.9. The number of nitrogens with zero attached hydrogens (tertiary/aromatic N) is 2. The lowest BCUT2D eigenvalue weighted by atomic mass is 10.2. The molecule has 0 N–H and O–H groups in total. The van der Waals surface area contributed by atoms with E-state index in [9.17, 15) is 18.0 Å². The van der Waals surface area contributed by atoms with Gasteiger partial charge in [-0.1, -0.05) is 28.1 Å². The van der Waals surface area contributed by atoms with Gasteiger partial charge < -0.3 is 9.80 Å². The Morgan fingerprint density at radius 1 is 1.19 bits per heavy atom. The summed E-state index contributed by atoms with van der Waals surface area (Å²) in [7, 11) is -2.12. The van der Waals surface area contributed by atoms with Crippen LogP contribution in [0.5, 0.6) is 0 Å². The van der Waals surface area contributed by atoms with Crippen molar-refractivity contribution in [2.45, 2.75) is 37.5 Å². The third-order valence-electron chi connectivity index (χ3n) is 5.87. The number of fused-ring (bicyclic) bond motifs is 1. The molecule has 1 aliphatic heterocycles. The molecule has 0 atom stereocenters. The van der Waals surface area contributed by atoms with Gasteiger partial charge >= 0.3 is 0 Å². The van der Waals surface area contributed by atoms with Crippen LogP contribution in [-0.2, 0) is 25.8 Å². The zero-order chi connectivity index (χ0) is 22.3. The van der Waals surface area contributed by atoms with Crippen molar-refractivity contribution in [1.82, 2.24) is 0 Å². The Hall–Kier alpha value is -2.19. The van der Waals surface area contributed by atoms with Crippen LogP contribution < -0.4 is 9.80 Å². The van der Waals surface area contributed by atoms with Gasteiger partial charge in [-0.15, -0.1) is 0 Å². The predicted molar refractivity (Wildman–Crippen MR) is 124 cm³/mol. The third kappa shape index (κ3) is 4.55. The molecule has 1 aliphatic carbocycles. The topological polar surface area (TPSA) is 74.8 Å². The predicted octanol–water partition coefficient (Wildman–Crippen LogP) is 3.88. The number of hydrogen-bond donors (Lipinski definition) is 0. The molecular formula is C23H25BrN2O4S. The molecule has 0 bridgehead atoms. The van der Waals surface area contributed by atoms with Crippen molar-refractivity contribution in [3.8, 4) is 0 Å². The van der Waals surface area contributed by atoms with E-state index in [0.717, 1.165) is 29.7 Å². The van der Waals surface area contributed by atoms with Crippen molar-refractivity contribution < 1.29 is 18.0 Å². The number of carbonyl (C=O) groups excluding carboxylic acids is 2. The number of benzene rings is 2. The molecule has 8 heteroatoms. The first-order chi connectivity index (χ1) is 14.7. The minimum atomic E-state index is -3.77. The highest BCUT2D eigenvalue weighted by Crippen LogP contribution is 2.41. The summed E-state index contributed by atoms with van der Waals surface area (Å²) in [6.07, 6.45) is 2.22.